The molecule has 0 aliphatic carbocycles. The van der Waals surface area contributed by atoms with Crippen LogP contribution in [0, 0.1) is 0 Å². The molecule has 9 heavy (non-hydrogen) atoms. The Hall–Kier alpha value is -0.160. The molecule has 4 N–H and O–H groups in total. The van der Waals surface area contributed by atoms with Crippen molar-refractivity contribution in [3.8, 4) is 0 Å². The number of nitrogens with two attached hydrogens (primary N) is 2. The lowest BCUT2D eigenvalue weighted by molar-refractivity contribution is 0.0534. The smallest absolute Gasteiger partial charge is 0.0941 e. The van der Waals surface area contributed by atoms with Crippen LogP contribution in [0.2, 0.25) is 0 Å². The standard InChI is InChI=1S/C5H14N2O2/c6-1-2-8-3-4-9-5-7/h1-7H2. The minimum Gasteiger partial charge on any atom is -0.378 e. The largest absolute Gasteiger partial charge is 0.378 e. The van der Waals surface area contributed by atoms with Gasteiger partial charge in [0.1, 0.15) is 0 Å². The molecule has 0 spiro atoms. The summed E-state index contributed by atoms with van der Waals surface area (Å²) in [6.07, 6.45) is 0. The van der Waals surface area contributed by atoms with Crippen molar-refractivity contribution in [1.82, 2.24) is 0 Å². The molecule has 0 aliphatic heterocycles. The Kier molecular flexibility index (Phi) is 7.70. The van der Waals surface area contributed by atoms with Crippen LogP contribution in [0.4, 0.5) is 0 Å². The predicted octanol–water partition coefficient (Wildman–Crippen LogP) is -1.11. The molecule has 0 atom stereocenters. The Morgan fingerprint density at radius 1 is 0.889 bits per heavy atom. The minimum absolute atomic E-state index is 0.256. The summed E-state index contributed by atoms with van der Waals surface area (Å²) in [5.74, 6) is 0. The van der Waals surface area contributed by atoms with E-state index in [-0.39, 0.29) is 6.73 Å². The number of rotatable bonds is 6. The van der Waals surface area contributed by atoms with E-state index in [9.17, 15) is 0 Å². The topological polar surface area (TPSA) is 70.5 Å². The number of hydrogen-bond acceptors (Lipinski definition) is 4. The molecule has 0 radical (unpaired) electrons. The van der Waals surface area contributed by atoms with Gasteiger partial charge in [0.15, 0.2) is 0 Å². The first-order valence-corrected chi connectivity index (χ1v) is 2.97. The summed E-state index contributed by atoms with van der Waals surface area (Å²) in [7, 11) is 0. The van der Waals surface area contributed by atoms with Crippen LogP contribution in [0.15, 0.2) is 0 Å². The van der Waals surface area contributed by atoms with Gasteiger partial charge in [0.05, 0.1) is 26.6 Å². The quantitative estimate of drug-likeness (QED) is 0.357. The van der Waals surface area contributed by atoms with Crippen molar-refractivity contribution < 1.29 is 9.47 Å². The zero-order valence-electron chi connectivity index (χ0n) is 5.51. The van der Waals surface area contributed by atoms with E-state index in [1.54, 1.807) is 0 Å². The second-order valence-corrected chi connectivity index (χ2v) is 1.48. The van der Waals surface area contributed by atoms with Crippen LogP contribution >= 0.6 is 0 Å². The first-order valence-electron chi connectivity index (χ1n) is 2.97. The summed E-state index contributed by atoms with van der Waals surface area (Å²) in [6, 6.07) is 0. The van der Waals surface area contributed by atoms with Crippen molar-refractivity contribution in [3.05, 3.63) is 0 Å². The Labute approximate surface area is 55.1 Å². The lowest BCUT2D eigenvalue weighted by atomic mass is 10.7. The summed E-state index contributed by atoms with van der Waals surface area (Å²) in [5, 5.41) is 0. The van der Waals surface area contributed by atoms with Crippen molar-refractivity contribution in [2.24, 2.45) is 11.5 Å². The molecule has 56 valence electrons. The van der Waals surface area contributed by atoms with Crippen LogP contribution in [0.25, 0.3) is 0 Å². The molecule has 0 heterocycles. The summed E-state index contributed by atoms with van der Waals surface area (Å²) >= 11 is 0. The van der Waals surface area contributed by atoms with Crippen molar-refractivity contribution in [1.29, 1.82) is 0 Å². The zero-order chi connectivity index (χ0) is 6.95. The van der Waals surface area contributed by atoms with Gasteiger partial charge in [-0.25, -0.2) is 0 Å². The van der Waals surface area contributed by atoms with Gasteiger partial charge in [-0.1, -0.05) is 0 Å². The maximum atomic E-state index is 5.15. The van der Waals surface area contributed by atoms with Crippen molar-refractivity contribution in [3.63, 3.8) is 0 Å². The maximum absolute atomic E-state index is 5.15. The monoisotopic (exact) mass is 134 g/mol. The lowest BCUT2D eigenvalue weighted by Gasteiger charge is -2.00. The molecule has 0 bridgehead atoms. The molecule has 0 unspecified atom stereocenters. The summed E-state index contributed by atoms with van der Waals surface area (Å²) < 4.78 is 9.77. The first-order chi connectivity index (χ1) is 4.41. The van der Waals surface area contributed by atoms with E-state index < -0.39 is 0 Å². The third-order valence-corrected chi connectivity index (χ3v) is 0.752. The van der Waals surface area contributed by atoms with Gasteiger partial charge >= 0.3 is 0 Å². The molecule has 0 saturated heterocycles. The highest BCUT2D eigenvalue weighted by Gasteiger charge is 1.84. The Bertz CT molecular complexity index is 46.2. The second kappa shape index (κ2) is 7.84. The van der Waals surface area contributed by atoms with E-state index in [1.165, 1.54) is 0 Å². The van der Waals surface area contributed by atoms with Crippen LogP contribution in [0.3, 0.4) is 0 Å². The molecule has 0 aromatic rings. The third kappa shape index (κ3) is 7.84. The Morgan fingerprint density at radius 3 is 2.11 bits per heavy atom. The van der Waals surface area contributed by atoms with Crippen molar-refractivity contribution >= 4 is 0 Å². The van der Waals surface area contributed by atoms with E-state index in [1.807, 2.05) is 0 Å². The Balaban J connectivity index is 2.60. The summed E-state index contributed by atoms with van der Waals surface area (Å²) in [6.45, 7) is 2.54. The molecule has 0 aromatic heterocycles. The van der Waals surface area contributed by atoms with Gasteiger partial charge < -0.3 is 20.9 Å². The fourth-order valence-electron chi connectivity index (χ4n) is 0.387. The van der Waals surface area contributed by atoms with Crippen molar-refractivity contribution in [2.75, 3.05) is 33.1 Å². The van der Waals surface area contributed by atoms with Gasteiger partial charge in [-0.15, -0.1) is 0 Å². The number of ether oxygens (including phenoxy) is 2. The van der Waals surface area contributed by atoms with Gasteiger partial charge in [0.25, 0.3) is 0 Å². The lowest BCUT2D eigenvalue weighted by Crippen LogP contribution is -2.14. The van der Waals surface area contributed by atoms with Gasteiger partial charge in [-0.2, -0.15) is 0 Å². The summed E-state index contributed by atoms with van der Waals surface area (Å²) in [4.78, 5) is 0. The van der Waals surface area contributed by atoms with Gasteiger partial charge in [0.2, 0.25) is 0 Å². The average molecular weight is 134 g/mol. The average Bonchev–Trinajstić information content (AvgIpc) is 1.89. The predicted molar refractivity (Wildman–Crippen MR) is 34.9 cm³/mol. The van der Waals surface area contributed by atoms with E-state index in [4.69, 9.17) is 20.9 Å². The van der Waals surface area contributed by atoms with Gasteiger partial charge in [0, 0.05) is 6.54 Å². The van der Waals surface area contributed by atoms with Crippen LogP contribution in [-0.4, -0.2) is 33.1 Å². The van der Waals surface area contributed by atoms with Gasteiger partial charge in [-0.3, -0.25) is 0 Å². The Morgan fingerprint density at radius 2 is 1.56 bits per heavy atom. The van der Waals surface area contributed by atoms with Crippen LogP contribution in [0.5, 0.6) is 0 Å². The molecule has 0 fully saturated rings. The first kappa shape index (κ1) is 8.84. The maximum Gasteiger partial charge on any atom is 0.0941 e. The highest BCUT2D eigenvalue weighted by atomic mass is 16.5. The van der Waals surface area contributed by atoms with Crippen LogP contribution in [0.1, 0.15) is 0 Å². The normalized spacial score (nSPS) is 10.0. The van der Waals surface area contributed by atoms with Gasteiger partial charge in [-0.05, 0) is 0 Å². The van der Waals surface area contributed by atoms with Crippen LogP contribution in [-0.2, 0) is 9.47 Å². The fourth-order valence-corrected chi connectivity index (χ4v) is 0.387. The molecular formula is C5H14N2O2. The van der Waals surface area contributed by atoms with Crippen LogP contribution < -0.4 is 11.5 Å². The molecule has 0 aromatic carbocycles. The highest BCUT2D eigenvalue weighted by Crippen LogP contribution is 1.73. The summed E-state index contributed by atoms with van der Waals surface area (Å²) in [5.41, 5.74) is 10.2. The molecule has 0 saturated carbocycles. The second-order valence-electron chi connectivity index (χ2n) is 1.48. The van der Waals surface area contributed by atoms with E-state index >= 15 is 0 Å². The number of hydrogen-bond donors (Lipinski definition) is 2. The third-order valence-electron chi connectivity index (χ3n) is 0.752. The molecule has 4 heteroatoms. The minimum atomic E-state index is 0.256. The highest BCUT2D eigenvalue weighted by molar-refractivity contribution is 4.31. The van der Waals surface area contributed by atoms with E-state index in [0.717, 1.165) is 0 Å². The zero-order valence-corrected chi connectivity index (χ0v) is 5.51. The molecule has 0 aliphatic rings. The van der Waals surface area contributed by atoms with Crippen molar-refractivity contribution in [2.45, 2.75) is 0 Å². The molecule has 0 rings (SSSR count). The molecule has 0 amide bonds. The molecule has 4 nitrogen and oxygen atoms in total. The molecular weight excluding hydrogens is 120 g/mol. The van der Waals surface area contributed by atoms with E-state index in [2.05, 4.69) is 0 Å². The van der Waals surface area contributed by atoms with E-state index in [0.29, 0.717) is 26.4 Å². The fraction of sp³-hybridized carbons (Fsp3) is 1.00. The SMILES string of the molecule is NCCOCCOCN.